The van der Waals surface area contributed by atoms with Gasteiger partial charge in [0.15, 0.2) is 5.79 Å². The molecule has 0 aromatic carbocycles. The largest absolute Gasteiger partial charge is 0.481 e. The van der Waals surface area contributed by atoms with Crippen molar-refractivity contribution in [1.82, 2.24) is 0 Å². The molecule has 7 nitrogen and oxygen atoms in total. The number of hydrogen-bond acceptors (Lipinski definition) is 5. The lowest BCUT2D eigenvalue weighted by Crippen LogP contribution is -2.60. The molecule has 0 aromatic rings. The molecular formula is C48H78O7. The van der Waals surface area contributed by atoms with E-state index in [2.05, 4.69) is 41.5 Å². The summed E-state index contributed by atoms with van der Waals surface area (Å²) >= 11 is 0. The summed E-state index contributed by atoms with van der Waals surface area (Å²) in [6.45, 7) is 14.9. The SMILES string of the molecule is C[C@H](CCC(=O)O)[C@H]1CCC2C3CCC4CC(C(CC(=O)O)[C@@H](C)[C@H]5CC[C@H]6[C@@H]7CCC8CC(O)(O)C(O)C[C@]8(C)[C@H]7CC[C@]56C)CC[C@]4(C)C3CC[C@@]21C. The molecule has 8 unspecified atom stereocenters. The van der Waals surface area contributed by atoms with Crippen LogP contribution in [0.1, 0.15) is 170 Å². The molecule has 0 aromatic heterocycles. The highest BCUT2D eigenvalue weighted by Gasteiger charge is 2.65. The number of carbonyl (C=O) groups is 2. The first kappa shape index (κ1) is 40.6. The molecule has 0 amide bonds. The van der Waals surface area contributed by atoms with Crippen LogP contribution >= 0.6 is 0 Å². The molecule has 8 fully saturated rings. The summed E-state index contributed by atoms with van der Waals surface area (Å²) < 4.78 is 0. The summed E-state index contributed by atoms with van der Waals surface area (Å²) in [6, 6.07) is 0. The number of aliphatic hydroxyl groups excluding tert-OH is 1. The van der Waals surface area contributed by atoms with Crippen molar-refractivity contribution in [2.24, 2.45) is 105 Å². The summed E-state index contributed by atoms with van der Waals surface area (Å²) in [4.78, 5) is 24.1. The fraction of sp³-hybridized carbons (Fsp3) is 0.958. The minimum Gasteiger partial charge on any atom is -0.481 e. The van der Waals surface area contributed by atoms with E-state index in [1.807, 2.05) is 0 Å². The Kier molecular flexibility index (Phi) is 10.5. The first-order valence-electron chi connectivity index (χ1n) is 23.4. The molecule has 5 N–H and O–H groups in total. The van der Waals surface area contributed by atoms with E-state index in [1.54, 1.807) is 0 Å². The molecule has 0 bridgehead atoms. The molecule has 312 valence electrons. The Morgan fingerprint density at radius 3 is 1.78 bits per heavy atom. The molecule has 8 rings (SSSR count). The summed E-state index contributed by atoms with van der Waals surface area (Å²) in [7, 11) is 0. The number of carboxylic acids is 2. The predicted molar refractivity (Wildman–Crippen MR) is 213 cm³/mol. The second-order valence-electron chi connectivity index (χ2n) is 23.1. The minimum absolute atomic E-state index is 0.0568. The lowest BCUT2D eigenvalue weighted by molar-refractivity contribution is -0.284. The maximum absolute atomic E-state index is 12.7. The van der Waals surface area contributed by atoms with Gasteiger partial charge in [0.05, 0.1) is 0 Å². The van der Waals surface area contributed by atoms with E-state index in [9.17, 15) is 35.1 Å². The van der Waals surface area contributed by atoms with E-state index < -0.39 is 23.8 Å². The van der Waals surface area contributed by atoms with Crippen LogP contribution in [0.3, 0.4) is 0 Å². The zero-order valence-electron chi connectivity index (χ0n) is 35.4. The molecule has 19 atom stereocenters. The molecule has 0 radical (unpaired) electrons. The Hall–Kier alpha value is -1.18. The lowest BCUT2D eigenvalue weighted by atomic mass is 9.42. The third-order valence-corrected chi connectivity index (χ3v) is 21.5. The fourth-order valence-electron chi connectivity index (χ4n) is 18.7. The Morgan fingerprint density at radius 2 is 1.16 bits per heavy atom. The zero-order chi connectivity index (χ0) is 39.5. The molecule has 7 heteroatoms. The van der Waals surface area contributed by atoms with Crippen molar-refractivity contribution >= 4 is 11.9 Å². The van der Waals surface area contributed by atoms with E-state index in [1.165, 1.54) is 77.0 Å². The van der Waals surface area contributed by atoms with Crippen LogP contribution in [0.25, 0.3) is 0 Å². The number of hydrogen-bond donors (Lipinski definition) is 5. The molecular weight excluding hydrogens is 689 g/mol. The average molecular weight is 767 g/mol. The highest BCUT2D eigenvalue weighted by atomic mass is 16.5. The highest BCUT2D eigenvalue weighted by molar-refractivity contribution is 5.67. The van der Waals surface area contributed by atoms with Crippen LogP contribution in [0.4, 0.5) is 0 Å². The van der Waals surface area contributed by atoms with Crippen LogP contribution in [-0.2, 0) is 9.59 Å². The van der Waals surface area contributed by atoms with Crippen LogP contribution in [0.15, 0.2) is 0 Å². The van der Waals surface area contributed by atoms with Gasteiger partial charge in [-0.2, -0.15) is 0 Å². The van der Waals surface area contributed by atoms with Crippen LogP contribution in [0.2, 0.25) is 0 Å². The minimum atomic E-state index is -1.97. The van der Waals surface area contributed by atoms with Gasteiger partial charge in [0.2, 0.25) is 0 Å². The van der Waals surface area contributed by atoms with E-state index in [0.717, 1.165) is 43.4 Å². The normalized spacial score (nSPS) is 51.6. The Morgan fingerprint density at radius 1 is 0.618 bits per heavy atom. The molecule has 0 spiro atoms. The van der Waals surface area contributed by atoms with Crippen molar-refractivity contribution in [2.45, 2.75) is 182 Å². The van der Waals surface area contributed by atoms with Crippen molar-refractivity contribution in [2.75, 3.05) is 0 Å². The number of aliphatic hydroxyl groups is 3. The molecule has 8 aliphatic rings. The number of rotatable bonds is 9. The van der Waals surface area contributed by atoms with Gasteiger partial charge in [0.25, 0.3) is 0 Å². The Bertz CT molecular complexity index is 1460. The van der Waals surface area contributed by atoms with Crippen molar-refractivity contribution in [3.05, 3.63) is 0 Å². The quantitative estimate of drug-likeness (QED) is 0.148. The summed E-state index contributed by atoms with van der Waals surface area (Å²) in [5.74, 6) is 4.50. The Labute approximate surface area is 332 Å². The molecule has 0 heterocycles. The van der Waals surface area contributed by atoms with Crippen LogP contribution < -0.4 is 0 Å². The Balaban J connectivity index is 0.955. The maximum atomic E-state index is 12.7. The highest BCUT2D eigenvalue weighted by Crippen LogP contribution is 2.71. The molecule has 8 saturated carbocycles. The van der Waals surface area contributed by atoms with Gasteiger partial charge in [-0.1, -0.05) is 41.5 Å². The summed E-state index contributed by atoms with van der Waals surface area (Å²) in [5.41, 5.74) is 0.848. The summed E-state index contributed by atoms with van der Waals surface area (Å²) in [6.07, 6.45) is 19.4. The van der Waals surface area contributed by atoms with E-state index in [0.29, 0.717) is 83.4 Å². The zero-order valence-corrected chi connectivity index (χ0v) is 35.4. The van der Waals surface area contributed by atoms with Crippen LogP contribution in [0.5, 0.6) is 0 Å². The second kappa shape index (κ2) is 14.2. The third kappa shape index (κ3) is 6.42. The van der Waals surface area contributed by atoms with Crippen LogP contribution in [0, 0.1) is 105 Å². The van der Waals surface area contributed by atoms with Gasteiger partial charge < -0.3 is 25.5 Å². The fourth-order valence-corrected chi connectivity index (χ4v) is 18.7. The van der Waals surface area contributed by atoms with Crippen molar-refractivity contribution in [1.29, 1.82) is 0 Å². The standard InChI is InChI=1S/C48H78O7/c1-27(7-16-42(50)51)35-12-14-37-32-10-8-30-23-29(17-20-44(30,3)39(32)18-21-45(35,37)4)34(24-43(52)53)28(2)36-13-15-38-33-11-9-31-25-48(54,55)41(49)26-47(31,6)40(33)19-22-46(36,38)5/h27-41,49,54-55H,7-26H2,1-6H3,(H,50,51)(H,52,53)/t27-,28-,29?,30?,31?,32?,33+,34?,35-,36-,37?,38+,39?,40+,41?,44+,45-,46-,47+/m1/s1. The van der Waals surface area contributed by atoms with Gasteiger partial charge in [-0.05, 0) is 214 Å². The molecule has 8 aliphatic carbocycles. The second-order valence-corrected chi connectivity index (χ2v) is 23.1. The van der Waals surface area contributed by atoms with Gasteiger partial charge in [-0.15, -0.1) is 0 Å². The summed E-state index contributed by atoms with van der Waals surface area (Å²) in [5, 5.41) is 51.8. The van der Waals surface area contributed by atoms with E-state index >= 15 is 0 Å². The van der Waals surface area contributed by atoms with Gasteiger partial charge in [-0.3, -0.25) is 9.59 Å². The molecule has 0 saturated heterocycles. The topological polar surface area (TPSA) is 135 Å². The van der Waals surface area contributed by atoms with Crippen LogP contribution in [-0.4, -0.2) is 49.4 Å². The van der Waals surface area contributed by atoms with E-state index in [4.69, 9.17) is 0 Å². The third-order valence-electron chi connectivity index (χ3n) is 21.5. The van der Waals surface area contributed by atoms with Gasteiger partial charge in [-0.25, -0.2) is 0 Å². The first-order chi connectivity index (χ1) is 25.8. The van der Waals surface area contributed by atoms with Gasteiger partial charge in [0.1, 0.15) is 6.10 Å². The lowest BCUT2D eigenvalue weighted by Gasteiger charge is -2.63. The van der Waals surface area contributed by atoms with Gasteiger partial charge >= 0.3 is 11.9 Å². The number of carboxylic acid groups (broad SMARTS) is 2. The van der Waals surface area contributed by atoms with Crippen molar-refractivity contribution in [3.63, 3.8) is 0 Å². The van der Waals surface area contributed by atoms with Crippen molar-refractivity contribution < 1.29 is 35.1 Å². The molecule has 55 heavy (non-hydrogen) atoms. The monoisotopic (exact) mass is 767 g/mol. The van der Waals surface area contributed by atoms with Gasteiger partial charge in [0, 0.05) is 19.3 Å². The number of fused-ring (bicyclic) bond motifs is 10. The number of aliphatic carboxylic acids is 2. The smallest absolute Gasteiger partial charge is 0.303 e. The van der Waals surface area contributed by atoms with Crippen molar-refractivity contribution in [3.8, 4) is 0 Å². The molecule has 0 aliphatic heterocycles. The average Bonchev–Trinajstić information content (AvgIpc) is 3.66. The first-order valence-corrected chi connectivity index (χ1v) is 23.4. The maximum Gasteiger partial charge on any atom is 0.303 e. The predicted octanol–water partition coefficient (Wildman–Crippen LogP) is 9.80. The van der Waals surface area contributed by atoms with E-state index in [-0.39, 0.29) is 29.1 Å².